The van der Waals surface area contributed by atoms with Crippen LogP contribution in [0.15, 0.2) is 29.2 Å². The number of nitrogens with two attached hydrogens (primary N) is 1. The lowest BCUT2D eigenvalue weighted by Crippen LogP contribution is -2.45. The smallest absolute Gasteiger partial charge is 0.410 e. The van der Waals surface area contributed by atoms with E-state index in [1.807, 2.05) is 88.3 Å². The Labute approximate surface area is 170 Å². The number of rotatable bonds is 3. The van der Waals surface area contributed by atoms with E-state index in [1.165, 1.54) is 0 Å². The van der Waals surface area contributed by atoms with Gasteiger partial charge in [-0.05, 0) is 52.3 Å². The molecule has 0 fully saturated rings. The Hall–Kier alpha value is -1.40. The highest BCUT2D eigenvalue weighted by Gasteiger charge is 2.32. The van der Waals surface area contributed by atoms with Crippen molar-refractivity contribution in [2.45, 2.75) is 92.2 Å². The number of ether oxygens (including phenoxy) is 1. The summed E-state index contributed by atoms with van der Waals surface area (Å²) in [6.07, 6.45) is -0.390. The molecule has 1 rings (SSSR count). The second-order valence-corrected chi connectivity index (χ2v) is 7.49. The van der Waals surface area contributed by atoms with E-state index in [4.69, 9.17) is 9.88 Å². The second-order valence-electron chi connectivity index (χ2n) is 6.42. The topological polar surface area (TPSA) is 72.6 Å². The van der Waals surface area contributed by atoms with Crippen LogP contribution in [0.1, 0.15) is 81.7 Å². The standard InChI is InChI=1S/C15H24N2O3S.3C2H6/c1-14(2,3)20-13(18)17(6)15(4,5)11-7-9-12(10-8-11)21(16)19;3*1-2/h7-10H,16H2,1-6H3;3*1-2H3. The molecule has 6 heteroatoms. The lowest BCUT2D eigenvalue weighted by molar-refractivity contribution is 0.0104. The van der Waals surface area contributed by atoms with Crippen molar-refractivity contribution in [1.29, 1.82) is 0 Å². The minimum absolute atomic E-state index is 0.390. The van der Waals surface area contributed by atoms with Gasteiger partial charge in [-0.15, -0.1) is 0 Å². The van der Waals surface area contributed by atoms with Gasteiger partial charge in [0, 0.05) is 7.05 Å². The molecule has 1 unspecified atom stereocenters. The van der Waals surface area contributed by atoms with Gasteiger partial charge in [0.15, 0.2) is 0 Å². The van der Waals surface area contributed by atoms with Crippen LogP contribution < -0.4 is 5.14 Å². The molecular weight excluding hydrogens is 360 g/mol. The third-order valence-electron chi connectivity index (χ3n) is 3.30. The van der Waals surface area contributed by atoms with Gasteiger partial charge in [0.1, 0.15) is 16.6 Å². The number of nitrogens with zero attached hydrogens (tertiary/aromatic N) is 1. The van der Waals surface area contributed by atoms with Gasteiger partial charge in [-0.25, -0.2) is 14.1 Å². The van der Waals surface area contributed by atoms with Gasteiger partial charge in [0.2, 0.25) is 0 Å². The molecule has 0 aliphatic carbocycles. The number of benzene rings is 1. The Balaban J connectivity index is -0.000000869. The van der Waals surface area contributed by atoms with Crippen molar-refractivity contribution in [3.05, 3.63) is 29.8 Å². The Bertz CT molecular complexity index is 535. The van der Waals surface area contributed by atoms with E-state index in [1.54, 1.807) is 24.1 Å². The van der Waals surface area contributed by atoms with E-state index in [0.29, 0.717) is 4.90 Å². The normalized spacial score (nSPS) is 11.3. The predicted octanol–water partition coefficient (Wildman–Crippen LogP) is 5.85. The van der Waals surface area contributed by atoms with E-state index in [9.17, 15) is 9.00 Å². The summed E-state index contributed by atoms with van der Waals surface area (Å²) >= 11 is 0. The summed E-state index contributed by atoms with van der Waals surface area (Å²) < 4.78 is 16.6. The summed E-state index contributed by atoms with van der Waals surface area (Å²) in [5, 5.41) is 5.34. The SMILES string of the molecule is CC.CC.CC.CN(C(=O)OC(C)(C)C)C(C)(C)c1ccc(S(N)=O)cc1. The Morgan fingerprint density at radius 3 is 1.59 bits per heavy atom. The summed E-state index contributed by atoms with van der Waals surface area (Å²) in [5.41, 5.74) is -0.191. The van der Waals surface area contributed by atoms with Crippen LogP contribution in [0.25, 0.3) is 0 Å². The van der Waals surface area contributed by atoms with Crippen LogP contribution in [0.2, 0.25) is 0 Å². The van der Waals surface area contributed by atoms with E-state index in [2.05, 4.69) is 0 Å². The third kappa shape index (κ3) is 11.1. The van der Waals surface area contributed by atoms with E-state index in [0.717, 1.165) is 5.56 Å². The average molecular weight is 403 g/mol. The molecule has 160 valence electrons. The van der Waals surface area contributed by atoms with Crippen molar-refractivity contribution in [3.8, 4) is 0 Å². The molecule has 2 N–H and O–H groups in total. The predicted molar refractivity (Wildman–Crippen MR) is 118 cm³/mol. The van der Waals surface area contributed by atoms with Crippen LogP contribution >= 0.6 is 0 Å². The van der Waals surface area contributed by atoms with Gasteiger partial charge in [-0.3, -0.25) is 0 Å². The zero-order valence-corrected chi connectivity index (χ0v) is 20.3. The van der Waals surface area contributed by atoms with Gasteiger partial charge < -0.3 is 9.64 Å². The Morgan fingerprint density at radius 1 is 0.926 bits per heavy atom. The number of hydrogen-bond acceptors (Lipinski definition) is 3. The van der Waals surface area contributed by atoms with Gasteiger partial charge in [-0.1, -0.05) is 53.7 Å². The lowest BCUT2D eigenvalue weighted by atomic mass is 9.93. The van der Waals surface area contributed by atoms with E-state index >= 15 is 0 Å². The first-order chi connectivity index (χ1) is 12.4. The minimum atomic E-state index is -1.50. The molecule has 0 radical (unpaired) electrons. The molecule has 1 aromatic rings. The average Bonchev–Trinajstić information content (AvgIpc) is 2.64. The van der Waals surface area contributed by atoms with Crippen LogP contribution in [0, 0.1) is 0 Å². The van der Waals surface area contributed by atoms with Crippen LogP contribution in [-0.4, -0.2) is 27.9 Å². The van der Waals surface area contributed by atoms with Crippen LogP contribution in [0.5, 0.6) is 0 Å². The molecule has 0 bridgehead atoms. The first kappa shape index (κ1) is 30.3. The van der Waals surface area contributed by atoms with Crippen molar-refractivity contribution in [1.82, 2.24) is 4.90 Å². The largest absolute Gasteiger partial charge is 0.444 e. The first-order valence-corrected chi connectivity index (χ1v) is 10.9. The summed E-state index contributed by atoms with van der Waals surface area (Å²) in [4.78, 5) is 14.3. The molecule has 0 heterocycles. The molecule has 5 nitrogen and oxygen atoms in total. The van der Waals surface area contributed by atoms with Crippen LogP contribution in [0.4, 0.5) is 4.79 Å². The highest BCUT2D eigenvalue weighted by Crippen LogP contribution is 2.28. The lowest BCUT2D eigenvalue weighted by Gasteiger charge is -2.37. The number of carbonyl (C=O) groups excluding carboxylic acids is 1. The van der Waals surface area contributed by atoms with E-state index in [-0.39, 0.29) is 6.09 Å². The third-order valence-corrected chi connectivity index (χ3v) is 4.04. The molecular formula is C21H42N2O3S. The second kappa shape index (κ2) is 14.6. The summed E-state index contributed by atoms with van der Waals surface area (Å²) in [6.45, 7) is 21.3. The Morgan fingerprint density at radius 2 is 1.30 bits per heavy atom. The summed E-state index contributed by atoms with van der Waals surface area (Å²) in [7, 11) is 0.195. The fraction of sp³-hybridized carbons (Fsp3) is 0.667. The maximum Gasteiger partial charge on any atom is 0.410 e. The van der Waals surface area contributed by atoms with Crippen LogP contribution in [-0.2, 0) is 21.3 Å². The zero-order chi connectivity index (χ0) is 22.4. The number of carbonyl (C=O) groups is 1. The maximum absolute atomic E-state index is 12.2. The van der Waals surface area contributed by atoms with Gasteiger partial charge in [0.05, 0.1) is 10.4 Å². The number of amides is 1. The number of hydrogen-bond donors (Lipinski definition) is 1. The fourth-order valence-electron chi connectivity index (χ4n) is 1.75. The fourth-order valence-corrected chi connectivity index (χ4v) is 2.15. The molecule has 1 aromatic carbocycles. The van der Waals surface area contributed by atoms with E-state index < -0.39 is 22.1 Å². The highest BCUT2D eigenvalue weighted by molar-refractivity contribution is 7.82. The minimum Gasteiger partial charge on any atom is -0.444 e. The van der Waals surface area contributed by atoms with Crippen molar-refractivity contribution in [3.63, 3.8) is 0 Å². The van der Waals surface area contributed by atoms with Gasteiger partial charge >= 0.3 is 6.09 Å². The molecule has 0 spiro atoms. The molecule has 0 aliphatic rings. The molecule has 1 atom stereocenters. The summed E-state index contributed by atoms with van der Waals surface area (Å²) in [5.74, 6) is 0. The first-order valence-electron chi connectivity index (χ1n) is 9.68. The molecule has 0 aliphatic heterocycles. The quantitative estimate of drug-likeness (QED) is 0.689. The van der Waals surface area contributed by atoms with Crippen molar-refractivity contribution in [2.24, 2.45) is 5.14 Å². The molecule has 0 aromatic heterocycles. The Kier molecular flexibility index (Phi) is 16.4. The van der Waals surface area contributed by atoms with Crippen LogP contribution in [0.3, 0.4) is 0 Å². The highest BCUT2D eigenvalue weighted by atomic mass is 32.2. The monoisotopic (exact) mass is 402 g/mol. The molecule has 0 saturated carbocycles. The van der Waals surface area contributed by atoms with Crippen molar-refractivity contribution >= 4 is 17.1 Å². The zero-order valence-electron chi connectivity index (χ0n) is 19.5. The molecule has 27 heavy (non-hydrogen) atoms. The maximum atomic E-state index is 12.2. The van der Waals surface area contributed by atoms with Gasteiger partial charge in [-0.2, -0.15) is 0 Å². The summed E-state index contributed by atoms with van der Waals surface area (Å²) in [6, 6.07) is 7.05. The molecule has 0 saturated heterocycles. The van der Waals surface area contributed by atoms with Crippen molar-refractivity contribution < 1.29 is 13.7 Å². The van der Waals surface area contributed by atoms with Crippen molar-refractivity contribution in [2.75, 3.05) is 7.05 Å². The van der Waals surface area contributed by atoms with Gasteiger partial charge in [0.25, 0.3) is 0 Å². The molecule has 1 amide bonds.